The molecule has 0 bridgehead atoms. The van der Waals surface area contributed by atoms with Crippen LogP contribution in [0.1, 0.15) is 12.7 Å². The Morgan fingerprint density at radius 2 is 2.43 bits per heavy atom. The van der Waals surface area contributed by atoms with Crippen molar-refractivity contribution >= 4 is 0 Å². The molecule has 4 nitrogen and oxygen atoms in total. The number of aromatic nitrogens is 2. The molecule has 0 fully saturated rings. The minimum atomic E-state index is 0.402. The van der Waals surface area contributed by atoms with Crippen LogP contribution in [0.2, 0.25) is 0 Å². The number of furan rings is 1. The second-order valence-corrected chi connectivity index (χ2v) is 3.00. The molecule has 0 spiro atoms. The molecule has 2 aromatic heterocycles. The fourth-order valence-corrected chi connectivity index (χ4v) is 1.51. The van der Waals surface area contributed by atoms with E-state index in [2.05, 4.69) is 16.5 Å². The zero-order valence-corrected chi connectivity index (χ0v) is 8.10. The van der Waals surface area contributed by atoms with Gasteiger partial charge in [-0.1, -0.05) is 0 Å². The van der Waals surface area contributed by atoms with Crippen LogP contribution in [0.4, 0.5) is 0 Å². The molecule has 0 aliphatic carbocycles. The zero-order valence-electron chi connectivity index (χ0n) is 8.10. The second kappa shape index (κ2) is 3.67. The average Bonchev–Trinajstić information content (AvgIpc) is 2.85. The lowest BCUT2D eigenvalue weighted by molar-refractivity contribution is 0.513. The highest BCUT2D eigenvalue weighted by molar-refractivity contribution is 5.57. The van der Waals surface area contributed by atoms with Crippen molar-refractivity contribution in [3.8, 4) is 11.4 Å². The molecular formula is C10H13N3O. The first-order chi connectivity index (χ1) is 6.86. The standard InChI is InChI=1S/C10H13N3O/c1-2-13-5-4-12-10(13)8-3-6-14-9(8)7-11/h3-6H,2,7,11H2,1H3. The Bertz CT molecular complexity index is 376. The third-order valence-electron chi connectivity index (χ3n) is 2.23. The van der Waals surface area contributed by atoms with Crippen LogP contribution >= 0.6 is 0 Å². The monoisotopic (exact) mass is 191 g/mol. The van der Waals surface area contributed by atoms with E-state index in [0.29, 0.717) is 6.54 Å². The topological polar surface area (TPSA) is 57.0 Å². The fraction of sp³-hybridized carbons (Fsp3) is 0.300. The van der Waals surface area contributed by atoms with Gasteiger partial charge in [-0.25, -0.2) is 4.98 Å². The molecule has 0 atom stereocenters. The van der Waals surface area contributed by atoms with Crippen LogP contribution in [0.25, 0.3) is 11.4 Å². The van der Waals surface area contributed by atoms with Crippen LogP contribution in [0.3, 0.4) is 0 Å². The van der Waals surface area contributed by atoms with Crippen molar-refractivity contribution < 1.29 is 4.42 Å². The summed E-state index contributed by atoms with van der Waals surface area (Å²) in [4.78, 5) is 4.29. The van der Waals surface area contributed by atoms with E-state index < -0.39 is 0 Å². The molecule has 0 amide bonds. The van der Waals surface area contributed by atoms with Crippen molar-refractivity contribution in [1.82, 2.24) is 9.55 Å². The van der Waals surface area contributed by atoms with Crippen LogP contribution in [0.15, 0.2) is 29.1 Å². The number of aryl methyl sites for hydroxylation is 1. The lowest BCUT2D eigenvalue weighted by atomic mass is 10.2. The van der Waals surface area contributed by atoms with E-state index in [4.69, 9.17) is 10.2 Å². The molecule has 0 unspecified atom stereocenters. The maximum Gasteiger partial charge on any atom is 0.143 e. The second-order valence-electron chi connectivity index (χ2n) is 3.00. The molecule has 2 rings (SSSR count). The average molecular weight is 191 g/mol. The molecule has 0 saturated carbocycles. The highest BCUT2D eigenvalue weighted by Crippen LogP contribution is 2.22. The molecule has 0 aliphatic rings. The largest absolute Gasteiger partial charge is 0.467 e. The molecule has 0 aromatic carbocycles. The van der Waals surface area contributed by atoms with Crippen LogP contribution in [0, 0.1) is 0 Å². The Kier molecular flexibility index (Phi) is 2.37. The number of imidazole rings is 1. The molecule has 0 aliphatic heterocycles. The Morgan fingerprint density at radius 3 is 3.14 bits per heavy atom. The van der Waals surface area contributed by atoms with Crippen molar-refractivity contribution in [2.45, 2.75) is 20.0 Å². The fourth-order valence-electron chi connectivity index (χ4n) is 1.51. The van der Waals surface area contributed by atoms with Crippen molar-refractivity contribution in [2.24, 2.45) is 5.73 Å². The van der Waals surface area contributed by atoms with Gasteiger partial charge in [0.15, 0.2) is 0 Å². The SMILES string of the molecule is CCn1ccnc1-c1ccoc1CN. The highest BCUT2D eigenvalue weighted by atomic mass is 16.3. The number of nitrogens with two attached hydrogens (primary N) is 1. The van der Waals surface area contributed by atoms with Gasteiger partial charge in [0.05, 0.1) is 18.4 Å². The summed E-state index contributed by atoms with van der Waals surface area (Å²) in [6.45, 7) is 3.37. The Hall–Kier alpha value is -1.55. The first-order valence-electron chi connectivity index (χ1n) is 4.64. The number of nitrogens with zero attached hydrogens (tertiary/aromatic N) is 2. The Balaban J connectivity index is 2.48. The molecule has 4 heteroatoms. The molecule has 74 valence electrons. The highest BCUT2D eigenvalue weighted by Gasteiger charge is 2.11. The van der Waals surface area contributed by atoms with E-state index >= 15 is 0 Å². The van der Waals surface area contributed by atoms with E-state index in [1.54, 1.807) is 12.5 Å². The van der Waals surface area contributed by atoms with Crippen LogP contribution in [-0.4, -0.2) is 9.55 Å². The van der Waals surface area contributed by atoms with E-state index in [1.807, 2.05) is 12.3 Å². The van der Waals surface area contributed by atoms with E-state index in [0.717, 1.165) is 23.7 Å². The quantitative estimate of drug-likeness (QED) is 0.802. The van der Waals surface area contributed by atoms with Gasteiger partial charge in [-0.3, -0.25) is 0 Å². The molecule has 0 saturated heterocycles. The lowest BCUT2D eigenvalue weighted by Crippen LogP contribution is -2.00. The lowest BCUT2D eigenvalue weighted by Gasteiger charge is -2.03. The van der Waals surface area contributed by atoms with Gasteiger partial charge in [-0.15, -0.1) is 0 Å². The van der Waals surface area contributed by atoms with Crippen LogP contribution in [-0.2, 0) is 13.1 Å². The first-order valence-corrected chi connectivity index (χ1v) is 4.64. The van der Waals surface area contributed by atoms with Gasteiger partial charge in [-0.05, 0) is 13.0 Å². The smallest absolute Gasteiger partial charge is 0.143 e. The summed E-state index contributed by atoms with van der Waals surface area (Å²) in [7, 11) is 0. The van der Waals surface area contributed by atoms with Gasteiger partial charge in [-0.2, -0.15) is 0 Å². The molecule has 2 heterocycles. The van der Waals surface area contributed by atoms with Crippen molar-refractivity contribution in [2.75, 3.05) is 0 Å². The number of hydrogen-bond acceptors (Lipinski definition) is 3. The maximum atomic E-state index is 5.56. The summed E-state index contributed by atoms with van der Waals surface area (Å²) in [5.41, 5.74) is 6.55. The zero-order chi connectivity index (χ0) is 9.97. The molecule has 2 N–H and O–H groups in total. The summed E-state index contributed by atoms with van der Waals surface area (Å²) in [6, 6.07) is 1.90. The number of hydrogen-bond donors (Lipinski definition) is 1. The minimum Gasteiger partial charge on any atom is -0.467 e. The minimum absolute atomic E-state index is 0.402. The van der Waals surface area contributed by atoms with Crippen LogP contribution in [0.5, 0.6) is 0 Å². The van der Waals surface area contributed by atoms with Gasteiger partial charge < -0.3 is 14.7 Å². The molecule has 2 aromatic rings. The van der Waals surface area contributed by atoms with Crippen molar-refractivity contribution in [1.29, 1.82) is 0 Å². The van der Waals surface area contributed by atoms with Gasteiger partial charge in [0.25, 0.3) is 0 Å². The van der Waals surface area contributed by atoms with Gasteiger partial charge in [0.2, 0.25) is 0 Å². The maximum absolute atomic E-state index is 5.56. The third kappa shape index (κ3) is 1.33. The Labute approximate surface area is 82.4 Å². The summed E-state index contributed by atoms with van der Waals surface area (Å²) >= 11 is 0. The molecule has 0 radical (unpaired) electrons. The molecule has 14 heavy (non-hydrogen) atoms. The van der Waals surface area contributed by atoms with E-state index in [1.165, 1.54) is 0 Å². The van der Waals surface area contributed by atoms with Crippen molar-refractivity contribution in [3.05, 3.63) is 30.5 Å². The summed E-state index contributed by atoms with van der Waals surface area (Å²) in [5.74, 6) is 1.70. The van der Waals surface area contributed by atoms with Crippen molar-refractivity contribution in [3.63, 3.8) is 0 Å². The normalized spacial score (nSPS) is 10.7. The van der Waals surface area contributed by atoms with E-state index in [-0.39, 0.29) is 0 Å². The number of rotatable bonds is 3. The van der Waals surface area contributed by atoms with E-state index in [9.17, 15) is 0 Å². The third-order valence-corrected chi connectivity index (χ3v) is 2.23. The molecular weight excluding hydrogens is 178 g/mol. The van der Waals surface area contributed by atoms with Crippen LogP contribution < -0.4 is 5.73 Å². The van der Waals surface area contributed by atoms with Gasteiger partial charge in [0, 0.05) is 18.9 Å². The Morgan fingerprint density at radius 1 is 1.57 bits per heavy atom. The summed E-state index contributed by atoms with van der Waals surface area (Å²) in [6.07, 6.45) is 5.38. The van der Waals surface area contributed by atoms with Gasteiger partial charge in [0.1, 0.15) is 11.6 Å². The predicted octanol–water partition coefficient (Wildman–Crippen LogP) is 1.62. The predicted molar refractivity (Wildman–Crippen MR) is 53.5 cm³/mol. The summed E-state index contributed by atoms with van der Waals surface area (Å²) < 4.78 is 7.32. The summed E-state index contributed by atoms with van der Waals surface area (Å²) in [5, 5.41) is 0. The first kappa shape index (κ1) is 9.02. The van der Waals surface area contributed by atoms with Gasteiger partial charge >= 0.3 is 0 Å².